The zero-order valence-electron chi connectivity index (χ0n) is 5.30. The van der Waals surface area contributed by atoms with Gasteiger partial charge in [0.2, 0.25) is 0 Å². The molecular weight excluding hydrogens is 102 g/mol. The summed E-state index contributed by atoms with van der Waals surface area (Å²) in [5.74, 6) is 0.863. The van der Waals surface area contributed by atoms with Crippen molar-refractivity contribution in [3.8, 4) is 0 Å². The van der Waals surface area contributed by atoms with E-state index in [1.54, 1.807) is 0 Å². The fraction of sp³-hybridized carbons (Fsp3) is 1.00. The Hall–Kier alpha value is -0.0800. The minimum Gasteiger partial charge on any atom is -0.395 e. The van der Waals surface area contributed by atoms with E-state index in [9.17, 15) is 0 Å². The summed E-state index contributed by atoms with van der Waals surface area (Å²) < 4.78 is 0. The number of hydrogen-bond donors (Lipinski definition) is 1. The molecule has 0 aliphatic carbocycles. The summed E-state index contributed by atoms with van der Waals surface area (Å²) in [6, 6.07) is 0. The van der Waals surface area contributed by atoms with Crippen molar-refractivity contribution in [2.24, 2.45) is 5.92 Å². The number of nitrogens with zero attached hydrogens (tertiary/aromatic N) is 1. The highest BCUT2D eigenvalue weighted by molar-refractivity contribution is 4.74. The van der Waals surface area contributed by atoms with Crippen molar-refractivity contribution in [2.45, 2.75) is 6.92 Å². The van der Waals surface area contributed by atoms with Gasteiger partial charge in [0.25, 0.3) is 0 Å². The lowest BCUT2D eigenvalue weighted by Crippen LogP contribution is -2.46. The largest absolute Gasteiger partial charge is 0.395 e. The minimum absolute atomic E-state index is 0.312. The van der Waals surface area contributed by atoms with Crippen LogP contribution in [0.4, 0.5) is 0 Å². The van der Waals surface area contributed by atoms with E-state index in [-0.39, 0.29) is 0 Å². The van der Waals surface area contributed by atoms with E-state index in [0.717, 1.165) is 12.5 Å². The highest BCUT2D eigenvalue weighted by atomic mass is 16.3. The van der Waals surface area contributed by atoms with Gasteiger partial charge in [-0.25, -0.2) is 0 Å². The molecule has 1 saturated heterocycles. The molecule has 0 aromatic rings. The number of aliphatic hydroxyl groups is 1. The van der Waals surface area contributed by atoms with Crippen LogP contribution in [0.3, 0.4) is 0 Å². The van der Waals surface area contributed by atoms with Gasteiger partial charge < -0.3 is 10.0 Å². The van der Waals surface area contributed by atoms with Gasteiger partial charge in [0, 0.05) is 19.6 Å². The first-order chi connectivity index (χ1) is 3.83. The molecule has 1 rings (SSSR count). The highest BCUT2D eigenvalue weighted by Crippen LogP contribution is 2.12. The van der Waals surface area contributed by atoms with Crippen molar-refractivity contribution in [1.82, 2.24) is 4.90 Å². The number of likely N-dealkylation sites (tertiary alicyclic amines) is 1. The molecule has 0 amide bonds. The Kier molecular flexibility index (Phi) is 1.86. The van der Waals surface area contributed by atoms with Crippen LogP contribution in [0.1, 0.15) is 6.92 Å². The number of aliphatic hydroxyl groups excluding tert-OH is 1. The van der Waals surface area contributed by atoms with Crippen LogP contribution in [0.15, 0.2) is 0 Å². The van der Waals surface area contributed by atoms with Gasteiger partial charge in [-0.3, -0.25) is 0 Å². The van der Waals surface area contributed by atoms with Gasteiger partial charge in [-0.1, -0.05) is 6.92 Å². The fourth-order valence-electron chi connectivity index (χ4n) is 1.15. The fourth-order valence-corrected chi connectivity index (χ4v) is 1.15. The Bertz CT molecular complexity index is 66.2. The van der Waals surface area contributed by atoms with Crippen molar-refractivity contribution >= 4 is 0 Å². The third kappa shape index (κ3) is 1.20. The Labute approximate surface area is 50.1 Å². The maximum Gasteiger partial charge on any atom is 0.0558 e. The summed E-state index contributed by atoms with van der Waals surface area (Å²) in [4.78, 5) is 2.25. The van der Waals surface area contributed by atoms with E-state index in [1.165, 1.54) is 13.1 Å². The van der Waals surface area contributed by atoms with Crippen molar-refractivity contribution in [2.75, 3.05) is 26.2 Å². The van der Waals surface area contributed by atoms with Crippen LogP contribution in [0.5, 0.6) is 0 Å². The molecule has 8 heavy (non-hydrogen) atoms. The van der Waals surface area contributed by atoms with Gasteiger partial charge in [-0.05, 0) is 5.92 Å². The van der Waals surface area contributed by atoms with Crippen LogP contribution in [0.25, 0.3) is 0 Å². The molecule has 0 atom stereocenters. The topological polar surface area (TPSA) is 23.5 Å². The minimum atomic E-state index is 0.312. The molecule has 0 aromatic heterocycles. The highest BCUT2D eigenvalue weighted by Gasteiger charge is 2.20. The van der Waals surface area contributed by atoms with E-state index >= 15 is 0 Å². The molecule has 0 aromatic carbocycles. The van der Waals surface area contributed by atoms with Crippen LogP contribution < -0.4 is 0 Å². The smallest absolute Gasteiger partial charge is 0.0558 e. The van der Waals surface area contributed by atoms with Gasteiger partial charge >= 0.3 is 0 Å². The van der Waals surface area contributed by atoms with Crippen molar-refractivity contribution in [1.29, 1.82) is 0 Å². The van der Waals surface area contributed by atoms with Crippen LogP contribution in [0.2, 0.25) is 0 Å². The third-order valence-electron chi connectivity index (χ3n) is 1.56. The second-order valence-corrected chi connectivity index (χ2v) is 2.59. The Morgan fingerprint density at radius 3 is 2.62 bits per heavy atom. The molecule has 1 fully saturated rings. The number of β-amino-alcohol motifs (C(OH)–C–C–N with tert-alkyl or cyclic N) is 1. The molecule has 1 aliphatic rings. The monoisotopic (exact) mass is 115 g/mol. The summed E-state index contributed by atoms with van der Waals surface area (Å²) in [7, 11) is 0. The number of hydrogen-bond acceptors (Lipinski definition) is 2. The van der Waals surface area contributed by atoms with E-state index in [1.807, 2.05) is 0 Å². The Balaban J connectivity index is 1.98. The zero-order chi connectivity index (χ0) is 5.98. The normalized spacial score (nSPS) is 23.2. The molecule has 0 bridgehead atoms. The quantitative estimate of drug-likeness (QED) is 0.544. The first-order valence-electron chi connectivity index (χ1n) is 3.16. The maximum atomic E-state index is 8.45. The number of rotatable bonds is 2. The van der Waals surface area contributed by atoms with Crippen LogP contribution in [-0.2, 0) is 0 Å². The van der Waals surface area contributed by atoms with Gasteiger partial charge in [-0.15, -0.1) is 0 Å². The summed E-state index contributed by atoms with van der Waals surface area (Å²) in [6.07, 6.45) is 0. The predicted molar refractivity (Wildman–Crippen MR) is 32.7 cm³/mol. The standard InChI is InChI=1S/C6H13NO/c1-6-4-7(5-6)2-3-8/h6,8H,2-5H2,1H3. The third-order valence-corrected chi connectivity index (χ3v) is 1.56. The zero-order valence-corrected chi connectivity index (χ0v) is 5.30. The molecule has 1 aliphatic heterocycles. The first-order valence-corrected chi connectivity index (χ1v) is 3.16. The van der Waals surface area contributed by atoms with Crippen LogP contribution in [0, 0.1) is 5.92 Å². The van der Waals surface area contributed by atoms with Crippen molar-refractivity contribution in [3.05, 3.63) is 0 Å². The van der Waals surface area contributed by atoms with Crippen molar-refractivity contribution < 1.29 is 5.11 Å². The van der Waals surface area contributed by atoms with E-state index in [0.29, 0.717) is 6.61 Å². The molecule has 0 unspecified atom stereocenters. The second-order valence-electron chi connectivity index (χ2n) is 2.59. The van der Waals surface area contributed by atoms with E-state index in [2.05, 4.69) is 11.8 Å². The summed E-state index contributed by atoms with van der Waals surface area (Å²) in [5, 5.41) is 8.45. The van der Waals surface area contributed by atoms with E-state index in [4.69, 9.17) is 5.11 Å². The lowest BCUT2D eigenvalue weighted by atomic mass is 10.0. The molecule has 0 spiro atoms. The molecule has 2 heteroatoms. The molecule has 2 nitrogen and oxygen atoms in total. The molecular formula is C6H13NO. The molecule has 0 radical (unpaired) electrons. The van der Waals surface area contributed by atoms with Crippen LogP contribution in [-0.4, -0.2) is 36.2 Å². The predicted octanol–water partition coefficient (Wildman–Crippen LogP) is -0.0696. The van der Waals surface area contributed by atoms with Gasteiger partial charge in [0.05, 0.1) is 6.61 Å². The lowest BCUT2D eigenvalue weighted by Gasteiger charge is -2.36. The average molecular weight is 115 g/mol. The lowest BCUT2D eigenvalue weighted by molar-refractivity contribution is 0.0882. The molecule has 1 N–H and O–H groups in total. The summed E-state index contributed by atoms with van der Waals surface area (Å²) in [6.45, 7) is 5.77. The van der Waals surface area contributed by atoms with Gasteiger partial charge in [-0.2, -0.15) is 0 Å². The Morgan fingerprint density at radius 1 is 1.62 bits per heavy atom. The molecule has 0 saturated carbocycles. The molecule has 1 heterocycles. The first kappa shape index (κ1) is 6.05. The van der Waals surface area contributed by atoms with Crippen molar-refractivity contribution in [3.63, 3.8) is 0 Å². The van der Waals surface area contributed by atoms with Gasteiger partial charge in [0.1, 0.15) is 0 Å². The van der Waals surface area contributed by atoms with Gasteiger partial charge in [0.15, 0.2) is 0 Å². The second kappa shape index (κ2) is 2.46. The summed E-state index contributed by atoms with van der Waals surface area (Å²) >= 11 is 0. The molecule has 48 valence electrons. The average Bonchev–Trinajstić information content (AvgIpc) is 1.64. The van der Waals surface area contributed by atoms with Crippen LogP contribution >= 0.6 is 0 Å². The summed E-state index contributed by atoms with van der Waals surface area (Å²) in [5.41, 5.74) is 0. The Morgan fingerprint density at radius 2 is 2.25 bits per heavy atom. The SMILES string of the molecule is CC1CN(CCO)C1. The maximum absolute atomic E-state index is 8.45. The van der Waals surface area contributed by atoms with E-state index < -0.39 is 0 Å².